The molecule has 0 aliphatic carbocycles. The van der Waals surface area contributed by atoms with Gasteiger partial charge in [0.05, 0.1) is 26.2 Å². The van der Waals surface area contributed by atoms with E-state index in [0.29, 0.717) is 32.3 Å². The number of phenols is 1. The molecule has 0 fully saturated rings. The van der Waals surface area contributed by atoms with E-state index in [-0.39, 0.29) is 11.7 Å². The van der Waals surface area contributed by atoms with Crippen molar-refractivity contribution in [3.63, 3.8) is 0 Å². The van der Waals surface area contributed by atoms with Crippen LogP contribution in [0.1, 0.15) is 23.1 Å². The van der Waals surface area contributed by atoms with Crippen LogP contribution in [0.3, 0.4) is 0 Å². The summed E-state index contributed by atoms with van der Waals surface area (Å²) in [7, 11) is 0. The molecule has 5 nitrogen and oxygen atoms in total. The van der Waals surface area contributed by atoms with Crippen LogP contribution in [0.2, 0.25) is 0 Å². The third-order valence-electron chi connectivity index (χ3n) is 3.31. The minimum atomic E-state index is -0.214. The first kappa shape index (κ1) is 15.2. The summed E-state index contributed by atoms with van der Waals surface area (Å²) in [6.07, 6.45) is 3.90. The molecule has 0 spiro atoms. The Labute approximate surface area is 143 Å². The van der Waals surface area contributed by atoms with Crippen LogP contribution in [-0.2, 0) is 6.42 Å². The monoisotopic (exact) mass is 423 g/mol. The average Bonchev–Trinajstić information content (AvgIpc) is 2.89. The molecular formula is C15H11Br2N3O2. The first-order chi connectivity index (χ1) is 10.5. The number of rotatable bonds is 2. The van der Waals surface area contributed by atoms with Gasteiger partial charge in [0.15, 0.2) is 0 Å². The number of benzene rings is 1. The molecule has 112 valence electrons. The largest absolute Gasteiger partial charge is 0.506 e. The second kappa shape index (κ2) is 5.81. The van der Waals surface area contributed by atoms with Gasteiger partial charge in [-0.3, -0.25) is 14.3 Å². The summed E-state index contributed by atoms with van der Waals surface area (Å²) in [5.41, 5.74) is 1.84. The molecule has 2 aromatic heterocycles. The molecule has 1 N–H and O–H groups in total. The third-order valence-corrected chi connectivity index (χ3v) is 4.52. The molecule has 1 aromatic carbocycles. The van der Waals surface area contributed by atoms with Crippen molar-refractivity contribution < 1.29 is 9.90 Å². The van der Waals surface area contributed by atoms with Gasteiger partial charge in [0, 0.05) is 18.2 Å². The van der Waals surface area contributed by atoms with Gasteiger partial charge in [0.25, 0.3) is 5.91 Å². The zero-order chi connectivity index (χ0) is 15.9. The maximum Gasteiger partial charge on any atom is 0.263 e. The van der Waals surface area contributed by atoms with Crippen LogP contribution in [-0.4, -0.2) is 25.5 Å². The average molecular weight is 425 g/mol. The van der Waals surface area contributed by atoms with Gasteiger partial charge in [0.2, 0.25) is 0 Å². The smallest absolute Gasteiger partial charge is 0.263 e. The normalized spacial score (nSPS) is 11.0. The summed E-state index contributed by atoms with van der Waals surface area (Å²) in [6.45, 7) is 1.95. The predicted molar refractivity (Wildman–Crippen MR) is 90.1 cm³/mol. The number of aromatic hydroxyl groups is 1. The summed E-state index contributed by atoms with van der Waals surface area (Å²) in [5.74, 6) is 0.520. The van der Waals surface area contributed by atoms with E-state index in [1.54, 1.807) is 35.2 Å². The van der Waals surface area contributed by atoms with Crippen LogP contribution in [0.4, 0.5) is 0 Å². The maximum atomic E-state index is 12.9. The van der Waals surface area contributed by atoms with Crippen molar-refractivity contribution in [1.29, 1.82) is 0 Å². The second-order valence-electron chi connectivity index (χ2n) is 4.68. The van der Waals surface area contributed by atoms with Gasteiger partial charge in [-0.25, -0.2) is 4.98 Å². The highest BCUT2D eigenvalue weighted by Gasteiger charge is 2.19. The van der Waals surface area contributed by atoms with Gasteiger partial charge in [0.1, 0.15) is 11.6 Å². The molecule has 7 heteroatoms. The third kappa shape index (κ3) is 2.44. The minimum absolute atomic E-state index is 0.0596. The van der Waals surface area contributed by atoms with Crippen molar-refractivity contribution in [3.05, 3.63) is 50.9 Å². The van der Waals surface area contributed by atoms with E-state index >= 15 is 0 Å². The number of phenolic OH excluding ortho intramolecular Hbond substituents is 1. The topological polar surface area (TPSA) is 68.0 Å². The van der Waals surface area contributed by atoms with Crippen LogP contribution < -0.4 is 0 Å². The van der Waals surface area contributed by atoms with Crippen LogP contribution in [0.25, 0.3) is 11.0 Å². The molecule has 0 atom stereocenters. The molecule has 0 radical (unpaired) electrons. The Bertz CT molecular complexity index is 867. The van der Waals surface area contributed by atoms with Gasteiger partial charge in [-0.15, -0.1) is 0 Å². The van der Waals surface area contributed by atoms with Crippen LogP contribution in [0, 0.1) is 0 Å². The lowest BCUT2D eigenvalue weighted by molar-refractivity contribution is 0.0961. The number of aromatic nitrogens is 3. The van der Waals surface area contributed by atoms with E-state index < -0.39 is 0 Å². The number of hydrogen-bond acceptors (Lipinski definition) is 4. The van der Waals surface area contributed by atoms with E-state index in [1.165, 1.54) is 0 Å². The van der Waals surface area contributed by atoms with Gasteiger partial charge in [-0.1, -0.05) is 6.92 Å². The van der Waals surface area contributed by atoms with Crippen molar-refractivity contribution in [2.75, 3.05) is 0 Å². The SMILES string of the molecule is CCc1nc2ccncc2n1C(=O)c1cc(Br)c(O)c(Br)c1. The van der Waals surface area contributed by atoms with Crippen molar-refractivity contribution in [2.24, 2.45) is 0 Å². The summed E-state index contributed by atoms with van der Waals surface area (Å²) in [4.78, 5) is 21.4. The Balaban J connectivity index is 2.21. The van der Waals surface area contributed by atoms with E-state index in [9.17, 15) is 9.90 Å². The first-order valence-electron chi connectivity index (χ1n) is 6.57. The highest BCUT2D eigenvalue weighted by Crippen LogP contribution is 2.34. The van der Waals surface area contributed by atoms with Crippen molar-refractivity contribution in [2.45, 2.75) is 13.3 Å². The van der Waals surface area contributed by atoms with Crippen molar-refractivity contribution in [1.82, 2.24) is 14.5 Å². The number of carbonyl (C=O) groups excluding carboxylic acids is 1. The highest BCUT2D eigenvalue weighted by atomic mass is 79.9. The van der Waals surface area contributed by atoms with Gasteiger partial charge >= 0.3 is 0 Å². The van der Waals surface area contributed by atoms with Crippen LogP contribution in [0.5, 0.6) is 5.75 Å². The Kier molecular flexibility index (Phi) is 4.01. The fraction of sp³-hybridized carbons (Fsp3) is 0.133. The standard InChI is InChI=1S/C15H11Br2N3O2/c1-2-13-19-11-3-4-18-7-12(11)20(13)15(22)8-5-9(16)14(21)10(17)6-8/h3-7,21H,2H2,1H3. The summed E-state index contributed by atoms with van der Waals surface area (Å²) < 4.78 is 2.46. The summed E-state index contributed by atoms with van der Waals surface area (Å²) >= 11 is 6.49. The minimum Gasteiger partial charge on any atom is -0.506 e. The first-order valence-corrected chi connectivity index (χ1v) is 8.15. The fourth-order valence-corrected chi connectivity index (χ4v) is 3.44. The Morgan fingerprint density at radius 2 is 2.00 bits per heavy atom. The predicted octanol–water partition coefficient (Wildman–Crippen LogP) is 3.91. The van der Waals surface area contributed by atoms with E-state index in [1.807, 2.05) is 6.92 Å². The number of fused-ring (bicyclic) bond motifs is 1. The molecule has 3 aromatic rings. The Morgan fingerprint density at radius 1 is 1.32 bits per heavy atom. The molecular weight excluding hydrogens is 414 g/mol. The molecule has 0 aliphatic heterocycles. The maximum absolute atomic E-state index is 12.9. The zero-order valence-corrected chi connectivity index (χ0v) is 14.7. The molecule has 0 amide bonds. The van der Waals surface area contributed by atoms with Crippen LogP contribution in [0.15, 0.2) is 39.5 Å². The number of hydrogen-bond donors (Lipinski definition) is 1. The number of carbonyl (C=O) groups is 1. The fourth-order valence-electron chi connectivity index (χ4n) is 2.26. The molecule has 0 unspecified atom stereocenters. The van der Waals surface area contributed by atoms with Gasteiger partial charge in [-0.05, 0) is 50.1 Å². The molecule has 0 bridgehead atoms. The molecule has 0 saturated heterocycles. The summed E-state index contributed by atoms with van der Waals surface area (Å²) in [6, 6.07) is 4.95. The molecule has 2 heterocycles. The Morgan fingerprint density at radius 3 is 2.64 bits per heavy atom. The number of pyridine rings is 1. The van der Waals surface area contributed by atoms with Crippen molar-refractivity contribution in [3.8, 4) is 5.75 Å². The highest BCUT2D eigenvalue weighted by molar-refractivity contribution is 9.11. The lowest BCUT2D eigenvalue weighted by Gasteiger charge is -2.09. The summed E-state index contributed by atoms with van der Waals surface area (Å²) in [5, 5.41) is 9.78. The van der Waals surface area contributed by atoms with Crippen molar-refractivity contribution >= 4 is 48.8 Å². The molecule has 0 aliphatic rings. The number of aryl methyl sites for hydroxylation is 1. The van der Waals surface area contributed by atoms with E-state index in [0.717, 1.165) is 5.52 Å². The zero-order valence-electron chi connectivity index (χ0n) is 11.5. The number of imidazole rings is 1. The number of nitrogens with zero attached hydrogens (tertiary/aromatic N) is 3. The molecule has 3 rings (SSSR count). The van der Waals surface area contributed by atoms with E-state index in [2.05, 4.69) is 41.8 Å². The lowest BCUT2D eigenvalue weighted by atomic mass is 10.2. The van der Waals surface area contributed by atoms with Gasteiger partial charge < -0.3 is 5.11 Å². The van der Waals surface area contributed by atoms with Crippen LogP contribution >= 0.6 is 31.9 Å². The van der Waals surface area contributed by atoms with E-state index in [4.69, 9.17) is 0 Å². The lowest BCUT2D eigenvalue weighted by Crippen LogP contribution is -2.15. The quantitative estimate of drug-likeness (QED) is 0.677. The van der Waals surface area contributed by atoms with Gasteiger partial charge in [-0.2, -0.15) is 0 Å². The number of halogens is 2. The Hall–Kier alpha value is -1.73. The second-order valence-corrected chi connectivity index (χ2v) is 6.38. The molecule has 0 saturated carbocycles. The molecule has 22 heavy (non-hydrogen) atoms.